The van der Waals surface area contributed by atoms with Crippen molar-refractivity contribution in [1.29, 1.82) is 0 Å². The zero-order valence-corrected chi connectivity index (χ0v) is 11.3. The number of piperidine rings is 1. The summed E-state index contributed by atoms with van der Waals surface area (Å²) in [6.07, 6.45) is 2.28. The van der Waals surface area contributed by atoms with Crippen molar-refractivity contribution >= 4 is 11.9 Å². The topological polar surface area (TPSA) is 46.6 Å². The summed E-state index contributed by atoms with van der Waals surface area (Å²) < 4.78 is 5.21. The zero-order chi connectivity index (χ0) is 13.1. The minimum atomic E-state index is -0.448. The van der Waals surface area contributed by atoms with Gasteiger partial charge in [0.15, 0.2) is 0 Å². The number of likely N-dealkylation sites (tertiary alicyclic amines) is 1. The third-order valence-corrected chi connectivity index (χ3v) is 2.80. The number of ether oxygens (including phenoxy) is 1. The lowest BCUT2D eigenvalue weighted by atomic mass is 9.99. The van der Waals surface area contributed by atoms with Crippen LogP contribution in [0.2, 0.25) is 0 Å². The van der Waals surface area contributed by atoms with Gasteiger partial charge in [0.05, 0.1) is 6.42 Å². The maximum absolute atomic E-state index is 11.8. The van der Waals surface area contributed by atoms with E-state index in [2.05, 4.69) is 0 Å². The quantitative estimate of drug-likeness (QED) is 0.710. The summed E-state index contributed by atoms with van der Waals surface area (Å²) in [7, 11) is 0. The average molecular weight is 241 g/mol. The molecule has 1 rings (SSSR count). The van der Waals surface area contributed by atoms with Crippen LogP contribution in [-0.4, -0.2) is 35.5 Å². The molecule has 0 radical (unpaired) electrons. The number of carbonyl (C=O) groups is 2. The highest BCUT2D eigenvalue weighted by atomic mass is 16.6. The molecule has 0 aromatic heterocycles. The van der Waals surface area contributed by atoms with Crippen LogP contribution in [0.3, 0.4) is 0 Å². The van der Waals surface area contributed by atoms with Gasteiger partial charge >= 0.3 is 5.97 Å². The molecule has 0 spiro atoms. The summed E-state index contributed by atoms with van der Waals surface area (Å²) in [6, 6.07) is 0. The van der Waals surface area contributed by atoms with Crippen LogP contribution in [0.5, 0.6) is 0 Å². The first-order valence-corrected chi connectivity index (χ1v) is 6.30. The molecule has 0 aliphatic carbocycles. The molecular formula is C13H23NO3. The van der Waals surface area contributed by atoms with E-state index in [0.29, 0.717) is 6.54 Å². The van der Waals surface area contributed by atoms with Crippen LogP contribution in [0, 0.1) is 5.92 Å². The largest absolute Gasteiger partial charge is 0.460 e. The van der Waals surface area contributed by atoms with Gasteiger partial charge in [-0.2, -0.15) is 0 Å². The van der Waals surface area contributed by atoms with Crippen molar-refractivity contribution in [3.05, 3.63) is 0 Å². The van der Waals surface area contributed by atoms with Crippen molar-refractivity contribution in [2.45, 2.75) is 52.6 Å². The fourth-order valence-electron chi connectivity index (χ4n) is 1.97. The Morgan fingerprint density at radius 1 is 1.47 bits per heavy atom. The van der Waals surface area contributed by atoms with Crippen molar-refractivity contribution < 1.29 is 14.3 Å². The van der Waals surface area contributed by atoms with Gasteiger partial charge < -0.3 is 9.64 Å². The van der Waals surface area contributed by atoms with E-state index >= 15 is 0 Å². The maximum Gasteiger partial charge on any atom is 0.308 e. The third kappa shape index (κ3) is 4.75. The van der Waals surface area contributed by atoms with Crippen molar-refractivity contribution in [2.75, 3.05) is 13.1 Å². The van der Waals surface area contributed by atoms with Gasteiger partial charge in [-0.25, -0.2) is 0 Å². The van der Waals surface area contributed by atoms with E-state index in [1.54, 1.807) is 4.90 Å². The molecule has 1 saturated heterocycles. The van der Waals surface area contributed by atoms with Gasteiger partial charge in [0, 0.05) is 19.0 Å². The SMILES string of the molecule is CC1CCCN(CCC(=O)OC(C)(C)C)C1=O. The molecule has 1 atom stereocenters. The van der Waals surface area contributed by atoms with Crippen molar-refractivity contribution in [2.24, 2.45) is 5.92 Å². The van der Waals surface area contributed by atoms with Crippen LogP contribution in [0.1, 0.15) is 47.0 Å². The molecule has 1 amide bonds. The minimum absolute atomic E-state index is 0.0994. The predicted molar refractivity (Wildman–Crippen MR) is 65.4 cm³/mol. The smallest absolute Gasteiger partial charge is 0.308 e. The summed E-state index contributed by atoms with van der Waals surface area (Å²) in [6.45, 7) is 8.74. The Kier molecular flexibility index (Phi) is 4.54. The Labute approximate surface area is 103 Å². The van der Waals surface area contributed by atoms with E-state index in [9.17, 15) is 9.59 Å². The van der Waals surface area contributed by atoms with Crippen LogP contribution in [0.4, 0.5) is 0 Å². The van der Waals surface area contributed by atoms with Gasteiger partial charge in [-0.15, -0.1) is 0 Å². The molecule has 1 aliphatic heterocycles. The Hall–Kier alpha value is -1.06. The summed E-state index contributed by atoms with van der Waals surface area (Å²) in [5.41, 5.74) is -0.448. The van der Waals surface area contributed by atoms with Gasteiger partial charge in [0.1, 0.15) is 5.60 Å². The number of amides is 1. The molecule has 0 N–H and O–H groups in total. The maximum atomic E-state index is 11.8. The lowest BCUT2D eigenvalue weighted by Crippen LogP contribution is -2.41. The molecule has 4 heteroatoms. The highest BCUT2D eigenvalue weighted by Crippen LogP contribution is 2.17. The number of rotatable bonds is 3. The van der Waals surface area contributed by atoms with E-state index in [1.165, 1.54) is 0 Å². The molecule has 1 unspecified atom stereocenters. The molecule has 98 valence electrons. The molecule has 0 aromatic rings. The average Bonchev–Trinajstić information content (AvgIpc) is 2.18. The third-order valence-electron chi connectivity index (χ3n) is 2.80. The van der Waals surface area contributed by atoms with E-state index < -0.39 is 5.60 Å². The molecule has 1 fully saturated rings. The molecule has 0 bridgehead atoms. The van der Waals surface area contributed by atoms with Crippen molar-refractivity contribution in [3.8, 4) is 0 Å². The number of hydrogen-bond acceptors (Lipinski definition) is 3. The predicted octanol–water partition coefficient (Wildman–Crippen LogP) is 1.98. The minimum Gasteiger partial charge on any atom is -0.460 e. The zero-order valence-electron chi connectivity index (χ0n) is 11.3. The second-order valence-electron chi connectivity index (χ2n) is 5.71. The van der Waals surface area contributed by atoms with Crippen molar-refractivity contribution in [3.63, 3.8) is 0 Å². The number of nitrogens with zero attached hydrogens (tertiary/aromatic N) is 1. The van der Waals surface area contributed by atoms with Gasteiger partial charge in [-0.05, 0) is 33.6 Å². The molecule has 17 heavy (non-hydrogen) atoms. The molecule has 1 aliphatic rings. The van der Waals surface area contributed by atoms with Crippen LogP contribution < -0.4 is 0 Å². The fourth-order valence-corrected chi connectivity index (χ4v) is 1.97. The highest BCUT2D eigenvalue weighted by Gasteiger charge is 2.25. The van der Waals surface area contributed by atoms with Crippen LogP contribution >= 0.6 is 0 Å². The van der Waals surface area contributed by atoms with Crippen LogP contribution in [-0.2, 0) is 14.3 Å². The molecule has 0 saturated carbocycles. The lowest BCUT2D eigenvalue weighted by Gasteiger charge is -2.30. The summed E-state index contributed by atoms with van der Waals surface area (Å²) in [5, 5.41) is 0. The number of carbonyl (C=O) groups excluding carboxylic acids is 2. The van der Waals surface area contributed by atoms with Gasteiger partial charge in [-0.1, -0.05) is 6.92 Å². The Morgan fingerprint density at radius 2 is 2.12 bits per heavy atom. The van der Waals surface area contributed by atoms with Gasteiger partial charge in [0.2, 0.25) is 5.91 Å². The first kappa shape index (κ1) is 14.0. The Morgan fingerprint density at radius 3 is 2.71 bits per heavy atom. The summed E-state index contributed by atoms with van der Waals surface area (Å²) in [4.78, 5) is 25.1. The van der Waals surface area contributed by atoms with E-state index in [-0.39, 0.29) is 24.2 Å². The second-order valence-corrected chi connectivity index (χ2v) is 5.71. The van der Waals surface area contributed by atoms with E-state index in [4.69, 9.17) is 4.74 Å². The molecular weight excluding hydrogens is 218 g/mol. The lowest BCUT2D eigenvalue weighted by molar-refractivity contribution is -0.155. The summed E-state index contributed by atoms with van der Waals surface area (Å²) in [5.74, 6) is 0.0331. The Bertz CT molecular complexity index is 294. The number of esters is 1. The van der Waals surface area contributed by atoms with Crippen LogP contribution in [0.15, 0.2) is 0 Å². The first-order chi connectivity index (χ1) is 7.79. The number of hydrogen-bond donors (Lipinski definition) is 0. The monoisotopic (exact) mass is 241 g/mol. The fraction of sp³-hybridized carbons (Fsp3) is 0.846. The highest BCUT2D eigenvalue weighted by molar-refractivity contribution is 5.80. The van der Waals surface area contributed by atoms with Gasteiger partial charge in [0.25, 0.3) is 0 Å². The van der Waals surface area contributed by atoms with E-state index in [0.717, 1.165) is 19.4 Å². The van der Waals surface area contributed by atoms with E-state index in [1.807, 2.05) is 27.7 Å². The van der Waals surface area contributed by atoms with Crippen molar-refractivity contribution in [1.82, 2.24) is 4.90 Å². The molecule has 4 nitrogen and oxygen atoms in total. The normalized spacial score (nSPS) is 21.5. The van der Waals surface area contributed by atoms with Gasteiger partial charge in [-0.3, -0.25) is 9.59 Å². The standard InChI is InChI=1S/C13H23NO3/c1-10-6-5-8-14(12(10)16)9-7-11(15)17-13(2,3)4/h10H,5-9H2,1-4H3. The molecule has 0 aromatic carbocycles. The second kappa shape index (κ2) is 5.52. The first-order valence-electron chi connectivity index (χ1n) is 6.30. The summed E-state index contributed by atoms with van der Waals surface area (Å²) >= 11 is 0. The Balaban J connectivity index is 2.35. The molecule has 1 heterocycles. The van der Waals surface area contributed by atoms with Crippen LogP contribution in [0.25, 0.3) is 0 Å².